The number of benzene rings is 1. The van der Waals surface area contributed by atoms with E-state index in [9.17, 15) is 9.18 Å². The molecule has 1 aromatic rings. The number of rotatable bonds is 7. The zero-order valence-electron chi connectivity index (χ0n) is 12.4. The zero-order valence-corrected chi connectivity index (χ0v) is 12.4. The Kier molecular flexibility index (Phi) is 6.45. The number of ether oxygens (including phenoxy) is 2. The Balaban J connectivity index is 2.84. The van der Waals surface area contributed by atoms with Crippen molar-refractivity contribution in [2.45, 2.75) is 39.3 Å². The van der Waals surface area contributed by atoms with Crippen LogP contribution in [0, 0.1) is 5.82 Å². The maximum atomic E-state index is 14.0. The highest BCUT2D eigenvalue weighted by atomic mass is 19.1. The first-order valence-corrected chi connectivity index (χ1v) is 6.83. The second-order valence-electron chi connectivity index (χ2n) is 4.47. The molecule has 0 amide bonds. The van der Waals surface area contributed by atoms with Gasteiger partial charge in [0, 0.05) is 6.04 Å². The summed E-state index contributed by atoms with van der Waals surface area (Å²) in [5.41, 5.74) is 0.821. The number of hydrogen-bond acceptors (Lipinski definition) is 4. The molecule has 5 heteroatoms. The number of carbonyl (C=O) groups is 1. The van der Waals surface area contributed by atoms with Crippen LogP contribution in [0.25, 0.3) is 0 Å². The lowest BCUT2D eigenvalue weighted by molar-refractivity contribution is -0.151. The van der Waals surface area contributed by atoms with E-state index in [-0.39, 0.29) is 18.4 Å². The fraction of sp³-hybridized carbons (Fsp3) is 0.533. The van der Waals surface area contributed by atoms with E-state index in [0.29, 0.717) is 6.42 Å². The fourth-order valence-electron chi connectivity index (χ4n) is 1.74. The van der Waals surface area contributed by atoms with Crippen LogP contribution in [0.15, 0.2) is 18.2 Å². The molecule has 0 bridgehead atoms. The Morgan fingerprint density at radius 2 is 2.10 bits per heavy atom. The first-order chi connectivity index (χ1) is 9.53. The molecule has 112 valence electrons. The summed E-state index contributed by atoms with van der Waals surface area (Å²) in [6.45, 7) is 5.72. The molecule has 0 fully saturated rings. The molecule has 1 rings (SSSR count). The highest BCUT2D eigenvalue weighted by Gasteiger charge is 2.21. The molecule has 0 saturated heterocycles. The van der Waals surface area contributed by atoms with E-state index in [1.807, 2.05) is 6.92 Å². The first-order valence-electron chi connectivity index (χ1n) is 6.83. The lowest BCUT2D eigenvalue weighted by atomic mass is 10.1. The average Bonchev–Trinajstić information content (AvgIpc) is 2.45. The molecule has 1 N–H and O–H groups in total. The third kappa shape index (κ3) is 4.20. The SMILES string of the molecule is CCOC(=O)C(CC)Oc1ccc(C(C)NC)cc1F. The predicted molar refractivity (Wildman–Crippen MR) is 75.2 cm³/mol. The summed E-state index contributed by atoms with van der Waals surface area (Å²) < 4.78 is 24.3. The van der Waals surface area contributed by atoms with Crippen molar-refractivity contribution in [3.8, 4) is 5.75 Å². The molecule has 0 heterocycles. The van der Waals surface area contributed by atoms with Gasteiger partial charge < -0.3 is 14.8 Å². The monoisotopic (exact) mass is 283 g/mol. The molecule has 1 aromatic carbocycles. The lowest BCUT2D eigenvalue weighted by Crippen LogP contribution is -2.29. The average molecular weight is 283 g/mol. The standard InChI is InChI=1S/C15H22FNO3/c1-5-13(15(18)19-6-2)20-14-8-7-11(9-12(14)16)10(3)17-4/h7-10,13,17H,5-6H2,1-4H3. The van der Waals surface area contributed by atoms with Crippen LogP contribution >= 0.6 is 0 Å². The number of nitrogens with one attached hydrogen (secondary N) is 1. The molecule has 0 aliphatic heterocycles. The summed E-state index contributed by atoms with van der Waals surface area (Å²) in [6.07, 6.45) is -0.357. The Morgan fingerprint density at radius 1 is 1.40 bits per heavy atom. The molecule has 0 radical (unpaired) electrons. The van der Waals surface area contributed by atoms with Gasteiger partial charge in [-0.2, -0.15) is 0 Å². The fourth-order valence-corrected chi connectivity index (χ4v) is 1.74. The van der Waals surface area contributed by atoms with Crippen LogP contribution in [0.4, 0.5) is 4.39 Å². The minimum atomic E-state index is -0.781. The molecule has 0 aliphatic rings. The second kappa shape index (κ2) is 7.85. The van der Waals surface area contributed by atoms with E-state index in [4.69, 9.17) is 9.47 Å². The first kappa shape index (κ1) is 16.4. The topological polar surface area (TPSA) is 47.6 Å². The van der Waals surface area contributed by atoms with Gasteiger partial charge in [-0.3, -0.25) is 0 Å². The van der Waals surface area contributed by atoms with E-state index < -0.39 is 17.9 Å². The van der Waals surface area contributed by atoms with Gasteiger partial charge in [-0.1, -0.05) is 13.0 Å². The van der Waals surface area contributed by atoms with Gasteiger partial charge in [-0.25, -0.2) is 9.18 Å². The van der Waals surface area contributed by atoms with Crippen molar-refractivity contribution in [3.63, 3.8) is 0 Å². The number of halogens is 1. The van der Waals surface area contributed by atoms with Gasteiger partial charge in [-0.05, 0) is 45.0 Å². The molecule has 4 nitrogen and oxygen atoms in total. The predicted octanol–water partition coefficient (Wildman–Crippen LogP) is 2.83. The van der Waals surface area contributed by atoms with Crippen LogP contribution in [0.3, 0.4) is 0 Å². The quantitative estimate of drug-likeness (QED) is 0.782. The van der Waals surface area contributed by atoms with Gasteiger partial charge in [0.15, 0.2) is 17.7 Å². The normalized spacial score (nSPS) is 13.7. The molecule has 0 spiro atoms. The van der Waals surface area contributed by atoms with Crippen LogP contribution in [0.5, 0.6) is 5.75 Å². The van der Waals surface area contributed by atoms with Crippen LogP contribution in [0.1, 0.15) is 38.8 Å². The zero-order chi connectivity index (χ0) is 15.1. The van der Waals surface area contributed by atoms with E-state index in [1.165, 1.54) is 6.07 Å². The van der Waals surface area contributed by atoms with Crippen molar-refractivity contribution in [1.29, 1.82) is 0 Å². The maximum absolute atomic E-state index is 14.0. The summed E-state index contributed by atoms with van der Waals surface area (Å²) in [7, 11) is 1.81. The summed E-state index contributed by atoms with van der Waals surface area (Å²) in [4.78, 5) is 11.6. The van der Waals surface area contributed by atoms with Crippen LogP contribution in [-0.4, -0.2) is 25.7 Å². The van der Waals surface area contributed by atoms with Crippen molar-refractivity contribution in [1.82, 2.24) is 5.32 Å². The molecule has 0 aromatic heterocycles. The Labute approximate surface area is 119 Å². The van der Waals surface area contributed by atoms with Gasteiger partial charge in [0.25, 0.3) is 0 Å². The summed E-state index contributed by atoms with van der Waals surface area (Å²) in [5.74, 6) is -0.883. The second-order valence-corrected chi connectivity index (χ2v) is 4.47. The molecule has 2 unspecified atom stereocenters. The van der Waals surface area contributed by atoms with Crippen molar-refractivity contribution in [2.24, 2.45) is 0 Å². The Bertz CT molecular complexity index is 451. The number of esters is 1. The molecule has 2 atom stereocenters. The van der Waals surface area contributed by atoms with E-state index >= 15 is 0 Å². The minimum Gasteiger partial charge on any atom is -0.476 e. The highest BCUT2D eigenvalue weighted by Crippen LogP contribution is 2.23. The number of hydrogen-bond donors (Lipinski definition) is 1. The molecular weight excluding hydrogens is 261 g/mol. The van der Waals surface area contributed by atoms with Crippen molar-refractivity contribution >= 4 is 5.97 Å². The number of carbonyl (C=O) groups excluding carboxylic acids is 1. The molecule has 0 aliphatic carbocycles. The van der Waals surface area contributed by atoms with Crippen molar-refractivity contribution in [2.75, 3.05) is 13.7 Å². The third-order valence-electron chi connectivity index (χ3n) is 3.08. The van der Waals surface area contributed by atoms with Gasteiger partial charge in [0.1, 0.15) is 0 Å². The maximum Gasteiger partial charge on any atom is 0.347 e. The molecular formula is C15H22FNO3. The van der Waals surface area contributed by atoms with Gasteiger partial charge in [-0.15, -0.1) is 0 Å². The van der Waals surface area contributed by atoms with E-state index in [2.05, 4.69) is 5.32 Å². The minimum absolute atomic E-state index is 0.0468. The molecule has 0 saturated carbocycles. The highest BCUT2D eigenvalue weighted by molar-refractivity contribution is 5.75. The van der Waals surface area contributed by atoms with Crippen LogP contribution < -0.4 is 10.1 Å². The Hall–Kier alpha value is -1.62. The van der Waals surface area contributed by atoms with Crippen LogP contribution in [0.2, 0.25) is 0 Å². The summed E-state index contributed by atoms with van der Waals surface area (Å²) in [6, 6.07) is 4.78. The third-order valence-corrected chi connectivity index (χ3v) is 3.08. The van der Waals surface area contributed by atoms with Crippen LogP contribution in [-0.2, 0) is 9.53 Å². The summed E-state index contributed by atoms with van der Waals surface area (Å²) in [5, 5.41) is 3.03. The molecule has 20 heavy (non-hydrogen) atoms. The smallest absolute Gasteiger partial charge is 0.347 e. The largest absolute Gasteiger partial charge is 0.476 e. The summed E-state index contributed by atoms with van der Waals surface area (Å²) >= 11 is 0. The Morgan fingerprint density at radius 3 is 2.60 bits per heavy atom. The van der Waals surface area contributed by atoms with Gasteiger partial charge >= 0.3 is 5.97 Å². The van der Waals surface area contributed by atoms with E-state index in [1.54, 1.807) is 33.0 Å². The van der Waals surface area contributed by atoms with Crippen molar-refractivity contribution < 1.29 is 18.7 Å². The lowest BCUT2D eigenvalue weighted by Gasteiger charge is -2.17. The van der Waals surface area contributed by atoms with Gasteiger partial charge in [0.05, 0.1) is 6.61 Å². The van der Waals surface area contributed by atoms with Gasteiger partial charge in [0.2, 0.25) is 0 Å². The van der Waals surface area contributed by atoms with Crippen molar-refractivity contribution in [3.05, 3.63) is 29.6 Å². The van der Waals surface area contributed by atoms with E-state index in [0.717, 1.165) is 5.56 Å².